The van der Waals surface area contributed by atoms with Crippen LogP contribution in [0.5, 0.6) is 0 Å². The number of carbonyl (C=O) groups excluding carboxylic acids is 2. The number of rotatable bonds is 3. The summed E-state index contributed by atoms with van der Waals surface area (Å²) in [6, 6.07) is 8.58. The Hall–Kier alpha value is -2.78. The Morgan fingerprint density at radius 1 is 1.17 bits per heavy atom. The number of fused-ring (bicyclic) bond motifs is 1. The first-order valence-electron chi connectivity index (χ1n) is 8.27. The van der Waals surface area contributed by atoms with Crippen LogP contribution >= 0.6 is 23.4 Å². The molecular weight excluding hydrogens is 427 g/mol. The smallest absolute Gasteiger partial charge is 0.282 e. The SMILES string of the molecule is O=C1NC(=O)C(=Cc2ccc3c(cnn3Cc3ccc(C(F)(F)F)cc3Cl)c2)S1. The number of hydrogen-bond acceptors (Lipinski definition) is 4. The molecule has 0 aliphatic carbocycles. The number of nitrogens with zero attached hydrogens (tertiary/aromatic N) is 2. The third kappa shape index (κ3) is 4.01. The topological polar surface area (TPSA) is 64.0 Å². The minimum Gasteiger partial charge on any atom is -0.282 e. The predicted molar refractivity (Wildman–Crippen MR) is 104 cm³/mol. The van der Waals surface area contributed by atoms with Gasteiger partial charge in [-0.25, -0.2) is 0 Å². The first kappa shape index (κ1) is 19.5. The number of aromatic nitrogens is 2. The van der Waals surface area contributed by atoms with Crippen molar-refractivity contribution in [2.45, 2.75) is 12.7 Å². The van der Waals surface area contributed by atoms with Gasteiger partial charge in [0.25, 0.3) is 11.1 Å². The van der Waals surface area contributed by atoms with Gasteiger partial charge in [0.1, 0.15) is 0 Å². The molecule has 1 fully saturated rings. The van der Waals surface area contributed by atoms with Crippen LogP contribution in [0.25, 0.3) is 17.0 Å². The van der Waals surface area contributed by atoms with Crippen LogP contribution in [-0.2, 0) is 17.5 Å². The Balaban J connectivity index is 1.61. The number of carbonyl (C=O) groups is 2. The van der Waals surface area contributed by atoms with E-state index in [9.17, 15) is 22.8 Å². The minimum absolute atomic E-state index is 0.0127. The van der Waals surface area contributed by atoms with Gasteiger partial charge < -0.3 is 0 Å². The molecule has 0 bridgehead atoms. The highest BCUT2D eigenvalue weighted by atomic mass is 35.5. The second-order valence-corrected chi connectivity index (χ2v) is 7.70. The quantitative estimate of drug-likeness (QED) is 0.580. The third-order valence-corrected chi connectivity index (χ3v) is 5.47. The molecule has 1 aliphatic rings. The monoisotopic (exact) mass is 437 g/mol. The molecule has 2 heterocycles. The summed E-state index contributed by atoms with van der Waals surface area (Å²) in [5.74, 6) is -0.437. The molecular formula is C19H11ClF3N3O2S. The number of nitrogens with one attached hydrogen (secondary N) is 1. The second-order valence-electron chi connectivity index (χ2n) is 6.28. The van der Waals surface area contributed by atoms with Gasteiger partial charge in [-0.3, -0.25) is 19.6 Å². The summed E-state index contributed by atoms with van der Waals surface area (Å²) in [6.07, 6.45) is -1.23. The van der Waals surface area contributed by atoms with Crippen molar-refractivity contribution in [1.82, 2.24) is 15.1 Å². The van der Waals surface area contributed by atoms with Crippen molar-refractivity contribution in [3.8, 4) is 0 Å². The molecule has 1 aromatic heterocycles. The van der Waals surface area contributed by atoms with E-state index in [4.69, 9.17) is 11.6 Å². The summed E-state index contributed by atoms with van der Waals surface area (Å²) in [5, 5.41) is 6.85. The molecule has 1 aliphatic heterocycles. The summed E-state index contributed by atoms with van der Waals surface area (Å²) in [4.78, 5) is 23.2. The lowest BCUT2D eigenvalue weighted by molar-refractivity contribution is -0.137. The summed E-state index contributed by atoms with van der Waals surface area (Å²) < 4.78 is 40.0. The number of thioether (sulfide) groups is 1. The standard InChI is InChI=1S/C19H11ClF3N3O2S/c20-14-7-13(19(21,22)23)3-2-11(14)9-26-15-4-1-10(5-12(15)8-24-26)6-16-17(27)25-18(28)29-16/h1-8H,9H2,(H,25,27,28). The molecule has 10 heteroatoms. The number of alkyl halides is 3. The molecule has 0 radical (unpaired) electrons. The zero-order chi connectivity index (χ0) is 20.8. The molecule has 4 rings (SSSR count). The van der Waals surface area contributed by atoms with Gasteiger partial charge in [-0.05, 0) is 53.2 Å². The predicted octanol–water partition coefficient (Wildman–Crippen LogP) is 5.08. The highest BCUT2D eigenvalue weighted by Crippen LogP contribution is 2.32. The van der Waals surface area contributed by atoms with Crippen LogP contribution in [0.1, 0.15) is 16.7 Å². The lowest BCUT2D eigenvalue weighted by Crippen LogP contribution is -2.17. The van der Waals surface area contributed by atoms with Gasteiger partial charge in [0.15, 0.2) is 0 Å². The zero-order valence-corrected chi connectivity index (χ0v) is 16.0. The minimum atomic E-state index is -4.45. The first-order chi connectivity index (χ1) is 13.7. The van der Waals surface area contributed by atoms with Crippen LogP contribution in [0.3, 0.4) is 0 Å². The van der Waals surface area contributed by atoms with Gasteiger partial charge in [-0.2, -0.15) is 18.3 Å². The average molecular weight is 438 g/mol. The van der Waals surface area contributed by atoms with E-state index in [1.165, 1.54) is 6.07 Å². The zero-order valence-electron chi connectivity index (χ0n) is 14.5. The van der Waals surface area contributed by atoms with E-state index < -0.39 is 22.9 Å². The molecule has 3 aromatic rings. The van der Waals surface area contributed by atoms with Gasteiger partial charge >= 0.3 is 6.18 Å². The average Bonchev–Trinajstić information content (AvgIpc) is 3.18. The van der Waals surface area contributed by atoms with Crippen molar-refractivity contribution in [3.63, 3.8) is 0 Å². The van der Waals surface area contributed by atoms with E-state index in [-0.39, 0.29) is 11.6 Å². The fourth-order valence-corrected chi connectivity index (χ4v) is 3.83. The van der Waals surface area contributed by atoms with Crippen LogP contribution in [-0.4, -0.2) is 20.9 Å². The van der Waals surface area contributed by atoms with E-state index >= 15 is 0 Å². The Bertz CT molecular complexity index is 1190. The number of benzene rings is 2. The molecule has 0 spiro atoms. The first-order valence-corrected chi connectivity index (χ1v) is 9.46. The molecule has 148 valence electrons. The third-order valence-electron chi connectivity index (χ3n) is 4.31. The fourth-order valence-electron chi connectivity index (χ4n) is 2.91. The van der Waals surface area contributed by atoms with Gasteiger partial charge in [0.05, 0.1) is 28.7 Å². The molecule has 0 unspecified atom stereocenters. The van der Waals surface area contributed by atoms with Crippen molar-refractivity contribution in [3.05, 3.63) is 69.2 Å². The molecule has 5 nitrogen and oxygen atoms in total. The van der Waals surface area contributed by atoms with E-state index in [2.05, 4.69) is 10.4 Å². The Morgan fingerprint density at radius 3 is 2.62 bits per heavy atom. The van der Waals surface area contributed by atoms with Crippen LogP contribution in [0, 0.1) is 0 Å². The number of amides is 2. The summed E-state index contributed by atoms with van der Waals surface area (Å²) >= 11 is 6.86. The van der Waals surface area contributed by atoms with Crippen molar-refractivity contribution in [2.75, 3.05) is 0 Å². The maximum Gasteiger partial charge on any atom is 0.416 e. The van der Waals surface area contributed by atoms with E-state index in [0.717, 1.165) is 40.4 Å². The maximum absolute atomic E-state index is 12.8. The van der Waals surface area contributed by atoms with Crippen molar-refractivity contribution < 1.29 is 22.8 Å². The lowest BCUT2D eigenvalue weighted by Gasteiger charge is -2.10. The van der Waals surface area contributed by atoms with Crippen LogP contribution in [0.2, 0.25) is 5.02 Å². The molecule has 2 amide bonds. The Kier molecular flexibility index (Phi) is 4.87. The number of hydrogen-bond donors (Lipinski definition) is 1. The molecule has 1 saturated heterocycles. The van der Waals surface area contributed by atoms with Crippen molar-refractivity contribution in [1.29, 1.82) is 0 Å². The van der Waals surface area contributed by atoms with Crippen LogP contribution in [0.15, 0.2) is 47.5 Å². The molecule has 1 N–H and O–H groups in total. The van der Waals surface area contributed by atoms with Gasteiger partial charge in [0.2, 0.25) is 0 Å². The maximum atomic E-state index is 12.8. The summed E-state index contributed by atoms with van der Waals surface area (Å²) in [6.45, 7) is 0.202. The van der Waals surface area contributed by atoms with E-state index in [1.54, 1.807) is 35.2 Å². The van der Waals surface area contributed by atoms with E-state index in [0.29, 0.717) is 10.5 Å². The normalized spacial score (nSPS) is 16.1. The summed E-state index contributed by atoms with van der Waals surface area (Å²) in [7, 11) is 0. The van der Waals surface area contributed by atoms with Gasteiger partial charge in [-0.1, -0.05) is 23.7 Å². The number of imide groups is 1. The van der Waals surface area contributed by atoms with Crippen molar-refractivity contribution >= 4 is 51.5 Å². The highest BCUT2D eigenvalue weighted by molar-refractivity contribution is 8.18. The molecule has 29 heavy (non-hydrogen) atoms. The van der Waals surface area contributed by atoms with Gasteiger partial charge in [0, 0.05) is 10.4 Å². The fraction of sp³-hybridized carbons (Fsp3) is 0.105. The number of halogens is 4. The Labute approximate surface area is 171 Å². The van der Waals surface area contributed by atoms with Crippen LogP contribution < -0.4 is 5.32 Å². The molecule has 2 aromatic carbocycles. The Morgan fingerprint density at radius 2 is 1.97 bits per heavy atom. The van der Waals surface area contributed by atoms with Crippen molar-refractivity contribution in [2.24, 2.45) is 0 Å². The lowest BCUT2D eigenvalue weighted by atomic mass is 10.1. The largest absolute Gasteiger partial charge is 0.416 e. The highest BCUT2D eigenvalue weighted by Gasteiger charge is 2.31. The van der Waals surface area contributed by atoms with Gasteiger partial charge in [-0.15, -0.1) is 0 Å². The molecule has 0 atom stereocenters. The van der Waals surface area contributed by atoms with E-state index in [1.807, 2.05) is 0 Å². The summed E-state index contributed by atoms with van der Waals surface area (Å²) in [5.41, 5.74) is 1.18. The second kappa shape index (κ2) is 7.23. The van der Waals surface area contributed by atoms with Crippen LogP contribution in [0.4, 0.5) is 18.0 Å². The molecule has 0 saturated carbocycles.